The minimum Gasteiger partial charge on any atom is -0.511 e. The molecule has 0 aromatic carbocycles. The number of Topliss-reactive ketones (excluding diaryl/α,β-unsaturated/α-hetero) is 1. The van der Waals surface area contributed by atoms with Gasteiger partial charge < -0.3 is 15.5 Å². The van der Waals surface area contributed by atoms with Crippen LogP contribution >= 0.6 is 0 Å². The number of amides is 1. The first-order valence-electron chi connectivity index (χ1n) is 9.33. The molecule has 1 saturated carbocycles. The van der Waals surface area contributed by atoms with Crippen molar-refractivity contribution in [1.29, 1.82) is 0 Å². The van der Waals surface area contributed by atoms with Gasteiger partial charge in [-0.2, -0.15) is 0 Å². The number of aliphatic hydroxyl groups is 2. The number of nitrogens with one attached hydrogen (secondary N) is 1. The number of ketones is 1. The average Bonchev–Trinajstić information content (AvgIpc) is 2.85. The van der Waals surface area contributed by atoms with Crippen LogP contribution < -0.4 is 5.32 Å². The van der Waals surface area contributed by atoms with Crippen molar-refractivity contribution in [3.63, 3.8) is 0 Å². The summed E-state index contributed by atoms with van der Waals surface area (Å²) in [6.45, 7) is 7.73. The quantitative estimate of drug-likeness (QED) is 0.310. The minimum absolute atomic E-state index is 0.0286. The highest BCUT2D eigenvalue weighted by molar-refractivity contribution is 6.27. The van der Waals surface area contributed by atoms with Crippen LogP contribution in [0.4, 0.5) is 0 Å². The Bertz CT molecular complexity index is 650. The Morgan fingerprint density at radius 1 is 1.28 bits per heavy atom. The van der Waals surface area contributed by atoms with Crippen LogP contribution in [0.25, 0.3) is 0 Å². The van der Waals surface area contributed by atoms with E-state index in [0.717, 1.165) is 19.3 Å². The number of rotatable bonds is 2. The first kappa shape index (κ1) is 18.2. The molecule has 7 unspecified atom stereocenters. The van der Waals surface area contributed by atoms with Crippen LogP contribution in [0.1, 0.15) is 47.0 Å². The molecule has 3 rings (SSSR count). The van der Waals surface area contributed by atoms with Gasteiger partial charge in [-0.05, 0) is 43.4 Å². The van der Waals surface area contributed by atoms with Crippen LogP contribution in [0.15, 0.2) is 23.5 Å². The minimum atomic E-state index is -0.985. The fourth-order valence-corrected chi connectivity index (χ4v) is 5.00. The van der Waals surface area contributed by atoms with E-state index in [9.17, 15) is 19.8 Å². The number of hydrogen-bond donors (Lipinski definition) is 3. The van der Waals surface area contributed by atoms with Gasteiger partial charge in [0.05, 0.1) is 6.10 Å². The average molecular weight is 347 g/mol. The maximum absolute atomic E-state index is 12.6. The Balaban J connectivity index is 2.05. The number of allylic oxidation sites excluding steroid dienone is 3. The third kappa shape index (κ3) is 2.73. The van der Waals surface area contributed by atoms with E-state index in [0.29, 0.717) is 11.8 Å². The van der Waals surface area contributed by atoms with E-state index >= 15 is 0 Å². The molecule has 5 nitrogen and oxygen atoms in total. The molecule has 1 saturated heterocycles. The van der Waals surface area contributed by atoms with E-state index in [4.69, 9.17) is 0 Å². The summed E-state index contributed by atoms with van der Waals surface area (Å²) in [4.78, 5) is 25.0. The van der Waals surface area contributed by atoms with Gasteiger partial charge >= 0.3 is 0 Å². The highest BCUT2D eigenvalue weighted by Gasteiger charge is 2.52. The Hall–Kier alpha value is -1.62. The molecule has 2 aliphatic carbocycles. The standard InChI is InChI=1S/C20H29NO4/c1-10-5-8-14-13(9-10)7-6-11(2)20(14,4)18(24)15-17(23)16(12(3)22)21-19(15)25/h6-7,10-14,16,22,24H,5,8-9H2,1-4H3,(H,21,25)/b18-15+. The number of hydrogen-bond acceptors (Lipinski definition) is 4. The molecular weight excluding hydrogens is 318 g/mol. The predicted molar refractivity (Wildman–Crippen MR) is 94.7 cm³/mol. The van der Waals surface area contributed by atoms with E-state index in [1.807, 2.05) is 13.8 Å². The van der Waals surface area contributed by atoms with Gasteiger partial charge in [0, 0.05) is 5.41 Å². The summed E-state index contributed by atoms with van der Waals surface area (Å²) in [5.74, 6) is 0.0790. The van der Waals surface area contributed by atoms with Crippen molar-refractivity contribution in [2.75, 3.05) is 0 Å². The molecule has 25 heavy (non-hydrogen) atoms. The molecule has 0 bridgehead atoms. The number of carbonyl (C=O) groups is 2. The van der Waals surface area contributed by atoms with Gasteiger partial charge in [-0.1, -0.05) is 39.3 Å². The second-order valence-corrected chi connectivity index (χ2v) is 8.42. The number of carbonyl (C=O) groups excluding carboxylic acids is 2. The smallest absolute Gasteiger partial charge is 0.259 e. The van der Waals surface area contributed by atoms with Crippen LogP contribution in [-0.4, -0.2) is 34.0 Å². The summed E-state index contributed by atoms with van der Waals surface area (Å²) < 4.78 is 0. The zero-order chi connectivity index (χ0) is 18.5. The molecule has 0 spiro atoms. The van der Waals surface area contributed by atoms with Crippen molar-refractivity contribution in [2.24, 2.45) is 29.1 Å². The summed E-state index contributed by atoms with van der Waals surface area (Å²) in [6, 6.07) is -0.968. The molecule has 3 aliphatic rings. The number of fused-ring (bicyclic) bond motifs is 1. The third-order valence-corrected chi connectivity index (χ3v) is 6.80. The van der Waals surface area contributed by atoms with Crippen LogP contribution in [0.2, 0.25) is 0 Å². The lowest BCUT2D eigenvalue weighted by Crippen LogP contribution is -2.45. The molecule has 7 atom stereocenters. The zero-order valence-corrected chi connectivity index (χ0v) is 15.5. The molecule has 5 heteroatoms. The van der Waals surface area contributed by atoms with Crippen LogP contribution in [0, 0.1) is 29.1 Å². The highest BCUT2D eigenvalue weighted by atomic mass is 16.3. The lowest BCUT2D eigenvalue weighted by atomic mass is 9.54. The van der Waals surface area contributed by atoms with Crippen LogP contribution in [0.3, 0.4) is 0 Å². The highest BCUT2D eigenvalue weighted by Crippen LogP contribution is 2.55. The second kappa shape index (κ2) is 6.27. The predicted octanol–water partition coefficient (Wildman–Crippen LogP) is 2.51. The van der Waals surface area contributed by atoms with E-state index < -0.39 is 29.3 Å². The summed E-state index contributed by atoms with van der Waals surface area (Å²) in [5.41, 5.74) is -0.803. The Morgan fingerprint density at radius 3 is 2.56 bits per heavy atom. The Kier molecular flexibility index (Phi) is 4.56. The van der Waals surface area contributed by atoms with Crippen molar-refractivity contribution in [3.05, 3.63) is 23.5 Å². The van der Waals surface area contributed by atoms with Crippen molar-refractivity contribution in [3.8, 4) is 0 Å². The van der Waals surface area contributed by atoms with Gasteiger partial charge in [-0.3, -0.25) is 9.59 Å². The summed E-state index contributed by atoms with van der Waals surface area (Å²) in [5, 5.41) is 23.4. The van der Waals surface area contributed by atoms with E-state index in [1.165, 1.54) is 6.92 Å². The van der Waals surface area contributed by atoms with Gasteiger partial charge in [0.1, 0.15) is 17.4 Å². The van der Waals surface area contributed by atoms with Gasteiger partial charge in [0.25, 0.3) is 5.91 Å². The van der Waals surface area contributed by atoms with E-state index in [2.05, 4.69) is 24.4 Å². The van der Waals surface area contributed by atoms with Crippen LogP contribution in [-0.2, 0) is 9.59 Å². The zero-order valence-electron chi connectivity index (χ0n) is 15.5. The molecule has 0 aromatic heterocycles. The summed E-state index contributed by atoms with van der Waals surface area (Å²) >= 11 is 0. The van der Waals surface area contributed by atoms with Gasteiger partial charge in [-0.15, -0.1) is 0 Å². The lowest BCUT2D eigenvalue weighted by molar-refractivity contribution is -0.118. The topological polar surface area (TPSA) is 86.6 Å². The van der Waals surface area contributed by atoms with E-state index in [1.54, 1.807) is 0 Å². The van der Waals surface area contributed by atoms with Crippen molar-refractivity contribution in [2.45, 2.75) is 59.1 Å². The second-order valence-electron chi connectivity index (χ2n) is 8.42. The van der Waals surface area contributed by atoms with Crippen molar-refractivity contribution < 1.29 is 19.8 Å². The molecule has 3 N–H and O–H groups in total. The fraction of sp³-hybridized carbons (Fsp3) is 0.700. The van der Waals surface area contributed by atoms with Gasteiger partial charge in [0.2, 0.25) is 0 Å². The fourth-order valence-electron chi connectivity index (χ4n) is 5.00. The third-order valence-electron chi connectivity index (χ3n) is 6.80. The maximum Gasteiger partial charge on any atom is 0.259 e. The number of aliphatic hydroxyl groups excluding tert-OH is 2. The normalized spacial score (nSPS) is 44.3. The molecule has 1 amide bonds. The maximum atomic E-state index is 12.6. The molecule has 138 valence electrons. The molecule has 1 heterocycles. The molecule has 0 radical (unpaired) electrons. The first-order chi connectivity index (χ1) is 11.7. The monoisotopic (exact) mass is 347 g/mol. The summed E-state index contributed by atoms with van der Waals surface area (Å²) in [6.07, 6.45) is 6.52. The van der Waals surface area contributed by atoms with Crippen molar-refractivity contribution in [1.82, 2.24) is 5.32 Å². The van der Waals surface area contributed by atoms with Crippen LogP contribution in [0.5, 0.6) is 0 Å². The Labute approximate surface area is 149 Å². The largest absolute Gasteiger partial charge is 0.511 e. The SMILES string of the molecule is CC1CCC2C(C=CC(C)C2(C)/C(O)=C2\C(=O)NC(C(C)O)C2=O)C1. The van der Waals surface area contributed by atoms with E-state index in [-0.39, 0.29) is 23.2 Å². The first-order valence-corrected chi connectivity index (χ1v) is 9.33. The van der Waals surface area contributed by atoms with Crippen molar-refractivity contribution >= 4 is 11.7 Å². The van der Waals surface area contributed by atoms with Gasteiger partial charge in [0.15, 0.2) is 5.78 Å². The molecule has 1 aliphatic heterocycles. The molecule has 0 aromatic rings. The molecule has 2 fully saturated rings. The summed E-state index contributed by atoms with van der Waals surface area (Å²) in [7, 11) is 0. The Morgan fingerprint density at radius 2 is 1.96 bits per heavy atom. The molecular formula is C20H29NO4. The van der Waals surface area contributed by atoms with Gasteiger partial charge in [-0.25, -0.2) is 0 Å². The lowest BCUT2D eigenvalue weighted by Gasteiger charge is -2.50.